The van der Waals surface area contributed by atoms with Crippen LogP contribution in [-0.4, -0.2) is 27.0 Å². The lowest BCUT2D eigenvalue weighted by atomic mass is 10.1. The van der Waals surface area contributed by atoms with Crippen molar-refractivity contribution in [3.8, 4) is 11.4 Å². The molecule has 21 heavy (non-hydrogen) atoms. The fourth-order valence-electron chi connectivity index (χ4n) is 2.16. The van der Waals surface area contributed by atoms with Crippen molar-refractivity contribution in [2.24, 2.45) is 0 Å². The SMILES string of the molecule is COCc1nc(N)c2ccc(-c3ncccc3C)nc2n1. The zero-order valence-corrected chi connectivity index (χ0v) is 11.9. The summed E-state index contributed by atoms with van der Waals surface area (Å²) in [6.07, 6.45) is 1.75. The molecular formula is C15H15N5O. The highest BCUT2D eigenvalue weighted by Crippen LogP contribution is 2.23. The summed E-state index contributed by atoms with van der Waals surface area (Å²) in [5.41, 5.74) is 9.16. The first-order chi connectivity index (χ1) is 10.2. The van der Waals surface area contributed by atoms with Crippen LogP contribution in [0.15, 0.2) is 30.5 Å². The van der Waals surface area contributed by atoms with E-state index in [0.29, 0.717) is 23.9 Å². The van der Waals surface area contributed by atoms with Crippen molar-refractivity contribution in [1.82, 2.24) is 19.9 Å². The molecule has 6 heteroatoms. The van der Waals surface area contributed by atoms with E-state index in [4.69, 9.17) is 10.5 Å². The van der Waals surface area contributed by atoms with Gasteiger partial charge in [0, 0.05) is 13.3 Å². The van der Waals surface area contributed by atoms with Crippen molar-refractivity contribution >= 4 is 16.9 Å². The zero-order valence-electron chi connectivity index (χ0n) is 11.9. The summed E-state index contributed by atoms with van der Waals surface area (Å²) in [6.45, 7) is 2.30. The van der Waals surface area contributed by atoms with E-state index in [1.54, 1.807) is 13.3 Å². The second kappa shape index (κ2) is 5.41. The average Bonchev–Trinajstić information content (AvgIpc) is 2.47. The van der Waals surface area contributed by atoms with Crippen molar-refractivity contribution in [3.05, 3.63) is 41.9 Å². The number of pyridine rings is 2. The molecule has 6 nitrogen and oxygen atoms in total. The smallest absolute Gasteiger partial charge is 0.165 e. The standard InChI is InChI=1S/C15H15N5O/c1-9-4-3-7-17-13(9)11-6-5-10-14(16)19-12(8-21-2)20-15(10)18-11/h3-7H,8H2,1-2H3,(H2,16,18,19,20). The van der Waals surface area contributed by atoms with Gasteiger partial charge in [-0.2, -0.15) is 0 Å². The highest BCUT2D eigenvalue weighted by molar-refractivity contribution is 5.86. The number of rotatable bonds is 3. The summed E-state index contributed by atoms with van der Waals surface area (Å²) in [4.78, 5) is 17.5. The minimum atomic E-state index is 0.300. The van der Waals surface area contributed by atoms with E-state index in [1.165, 1.54) is 0 Å². The van der Waals surface area contributed by atoms with Gasteiger partial charge in [0.05, 0.1) is 16.8 Å². The molecule has 2 N–H and O–H groups in total. The molecule has 0 fully saturated rings. The zero-order chi connectivity index (χ0) is 14.8. The number of hydrogen-bond donors (Lipinski definition) is 1. The summed E-state index contributed by atoms with van der Waals surface area (Å²) in [5, 5.41) is 0.729. The third kappa shape index (κ3) is 2.53. The van der Waals surface area contributed by atoms with Gasteiger partial charge in [-0.1, -0.05) is 6.07 Å². The second-order valence-corrected chi connectivity index (χ2v) is 4.69. The van der Waals surface area contributed by atoms with E-state index < -0.39 is 0 Å². The normalized spacial score (nSPS) is 11.0. The Labute approximate surface area is 122 Å². The van der Waals surface area contributed by atoms with Crippen molar-refractivity contribution in [2.75, 3.05) is 12.8 Å². The van der Waals surface area contributed by atoms with Crippen LogP contribution in [0.25, 0.3) is 22.4 Å². The van der Waals surface area contributed by atoms with E-state index in [9.17, 15) is 0 Å². The number of aromatic nitrogens is 4. The first kappa shape index (κ1) is 13.4. The van der Waals surface area contributed by atoms with Gasteiger partial charge in [-0.3, -0.25) is 4.98 Å². The van der Waals surface area contributed by atoms with Crippen molar-refractivity contribution in [2.45, 2.75) is 13.5 Å². The van der Waals surface area contributed by atoms with Crippen LogP contribution in [0.5, 0.6) is 0 Å². The molecular weight excluding hydrogens is 266 g/mol. The summed E-state index contributed by atoms with van der Waals surface area (Å²) in [5.74, 6) is 0.925. The Kier molecular flexibility index (Phi) is 3.45. The van der Waals surface area contributed by atoms with Gasteiger partial charge in [-0.15, -0.1) is 0 Å². The largest absolute Gasteiger partial charge is 0.383 e. The van der Waals surface area contributed by atoms with Crippen LogP contribution < -0.4 is 5.73 Å². The maximum absolute atomic E-state index is 5.94. The van der Waals surface area contributed by atoms with E-state index in [-0.39, 0.29) is 0 Å². The molecule has 0 aromatic carbocycles. The summed E-state index contributed by atoms with van der Waals surface area (Å²) in [6, 6.07) is 7.65. The average molecular weight is 281 g/mol. The molecule has 0 amide bonds. The molecule has 0 spiro atoms. The molecule has 0 radical (unpaired) electrons. The Morgan fingerprint density at radius 1 is 1.14 bits per heavy atom. The third-order valence-electron chi connectivity index (χ3n) is 3.16. The number of aryl methyl sites for hydroxylation is 1. The molecule has 3 aromatic heterocycles. The maximum atomic E-state index is 5.94. The van der Waals surface area contributed by atoms with E-state index >= 15 is 0 Å². The topological polar surface area (TPSA) is 86.8 Å². The molecule has 0 aliphatic rings. The van der Waals surface area contributed by atoms with Gasteiger partial charge in [-0.05, 0) is 30.7 Å². The number of anilines is 1. The lowest BCUT2D eigenvalue weighted by Crippen LogP contribution is -2.03. The van der Waals surface area contributed by atoms with Gasteiger partial charge in [0.2, 0.25) is 0 Å². The molecule has 0 bridgehead atoms. The quantitative estimate of drug-likeness (QED) is 0.791. The molecule has 0 saturated carbocycles. The van der Waals surface area contributed by atoms with Gasteiger partial charge < -0.3 is 10.5 Å². The lowest BCUT2D eigenvalue weighted by Gasteiger charge is -2.07. The number of hydrogen-bond acceptors (Lipinski definition) is 6. The third-order valence-corrected chi connectivity index (χ3v) is 3.16. The van der Waals surface area contributed by atoms with E-state index in [1.807, 2.05) is 31.2 Å². The summed E-state index contributed by atoms with van der Waals surface area (Å²) in [7, 11) is 1.59. The van der Waals surface area contributed by atoms with Crippen LogP contribution in [-0.2, 0) is 11.3 Å². The van der Waals surface area contributed by atoms with Gasteiger partial charge >= 0.3 is 0 Å². The fourth-order valence-corrected chi connectivity index (χ4v) is 2.16. The molecule has 3 rings (SSSR count). The molecule has 0 atom stereocenters. The monoisotopic (exact) mass is 281 g/mol. The molecule has 0 aliphatic carbocycles. The first-order valence-corrected chi connectivity index (χ1v) is 6.53. The van der Waals surface area contributed by atoms with Gasteiger partial charge in [-0.25, -0.2) is 15.0 Å². The van der Waals surface area contributed by atoms with Crippen LogP contribution in [0.4, 0.5) is 5.82 Å². The van der Waals surface area contributed by atoms with E-state index in [2.05, 4.69) is 19.9 Å². The maximum Gasteiger partial charge on any atom is 0.165 e. The summed E-state index contributed by atoms with van der Waals surface area (Å²) < 4.78 is 5.05. The number of fused-ring (bicyclic) bond motifs is 1. The van der Waals surface area contributed by atoms with Crippen LogP contribution >= 0.6 is 0 Å². The van der Waals surface area contributed by atoms with Crippen molar-refractivity contribution in [1.29, 1.82) is 0 Å². The van der Waals surface area contributed by atoms with Gasteiger partial charge in [0.15, 0.2) is 11.5 Å². The number of nitrogen functional groups attached to an aromatic ring is 1. The first-order valence-electron chi connectivity index (χ1n) is 6.53. The molecule has 0 saturated heterocycles. The molecule has 106 valence electrons. The van der Waals surface area contributed by atoms with Crippen LogP contribution in [0.3, 0.4) is 0 Å². The predicted molar refractivity (Wildman–Crippen MR) is 80.4 cm³/mol. The number of nitrogens with two attached hydrogens (primary N) is 1. The van der Waals surface area contributed by atoms with Crippen LogP contribution in [0.1, 0.15) is 11.4 Å². The second-order valence-electron chi connectivity index (χ2n) is 4.69. The molecule has 3 heterocycles. The number of nitrogens with zero attached hydrogens (tertiary/aromatic N) is 4. The van der Waals surface area contributed by atoms with Crippen molar-refractivity contribution < 1.29 is 4.74 Å². The van der Waals surface area contributed by atoms with Crippen LogP contribution in [0, 0.1) is 6.92 Å². The van der Waals surface area contributed by atoms with Crippen LogP contribution in [0.2, 0.25) is 0 Å². The number of methoxy groups -OCH3 is 1. The van der Waals surface area contributed by atoms with Gasteiger partial charge in [0.1, 0.15) is 12.4 Å². The highest BCUT2D eigenvalue weighted by atomic mass is 16.5. The molecule has 0 aliphatic heterocycles. The fraction of sp³-hybridized carbons (Fsp3) is 0.200. The van der Waals surface area contributed by atoms with Crippen molar-refractivity contribution in [3.63, 3.8) is 0 Å². The molecule has 0 unspecified atom stereocenters. The lowest BCUT2D eigenvalue weighted by molar-refractivity contribution is 0.178. The van der Waals surface area contributed by atoms with E-state index in [0.717, 1.165) is 22.3 Å². The minimum Gasteiger partial charge on any atom is -0.383 e. The Morgan fingerprint density at radius 3 is 2.76 bits per heavy atom. The Morgan fingerprint density at radius 2 is 2.00 bits per heavy atom. The van der Waals surface area contributed by atoms with Gasteiger partial charge in [0.25, 0.3) is 0 Å². The Hall–Kier alpha value is -2.60. The highest BCUT2D eigenvalue weighted by Gasteiger charge is 2.10. The predicted octanol–water partition coefficient (Wildman–Crippen LogP) is 2.12. The Balaban J connectivity index is 2.17. The number of ether oxygens (including phenoxy) is 1. The minimum absolute atomic E-state index is 0.300. The Bertz CT molecular complexity index is 803. The molecule has 3 aromatic rings. The summed E-state index contributed by atoms with van der Waals surface area (Å²) >= 11 is 0.